The second-order valence-electron chi connectivity index (χ2n) is 6.54. The van der Waals surface area contributed by atoms with Gasteiger partial charge in [-0.1, -0.05) is 41.9 Å². The number of halogens is 3. The third-order valence-corrected chi connectivity index (χ3v) is 6.16. The summed E-state index contributed by atoms with van der Waals surface area (Å²) in [5.41, 5.74) is 0.827. The smallest absolute Gasteiger partial charge is 0.272 e. The van der Waals surface area contributed by atoms with Crippen LogP contribution in [0.4, 0.5) is 14.5 Å². The normalized spacial score (nSPS) is 11.7. The van der Waals surface area contributed by atoms with Gasteiger partial charge in [-0.2, -0.15) is 0 Å². The Morgan fingerprint density at radius 3 is 2.50 bits per heavy atom. The van der Waals surface area contributed by atoms with Gasteiger partial charge in [-0.3, -0.25) is 19.3 Å². The predicted octanol–water partition coefficient (Wildman–Crippen LogP) is 4.11. The number of sulfonamides is 1. The third-order valence-electron chi connectivity index (χ3n) is 4.47. The molecule has 1 aromatic heterocycles. The Labute approximate surface area is 174 Å². The molecule has 0 aliphatic heterocycles. The van der Waals surface area contributed by atoms with Crippen LogP contribution >= 0.6 is 11.6 Å². The van der Waals surface area contributed by atoms with Crippen molar-refractivity contribution in [2.24, 2.45) is 0 Å². The number of hydrogen-bond acceptors (Lipinski definition) is 3. The minimum Gasteiger partial charge on any atom is -0.280 e. The van der Waals surface area contributed by atoms with Crippen LogP contribution in [0, 0.1) is 11.6 Å². The Morgan fingerprint density at radius 1 is 1.03 bits per heavy atom. The number of aromatic amines is 1. The van der Waals surface area contributed by atoms with Crippen molar-refractivity contribution in [3.05, 3.63) is 93.2 Å². The molecule has 0 saturated carbocycles. The fourth-order valence-corrected chi connectivity index (χ4v) is 4.48. The van der Waals surface area contributed by atoms with Gasteiger partial charge in [0.05, 0.1) is 28.2 Å². The molecule has 0 aliphatic rings. The minimum absolute atomic E-state index is 0.0105. The average molecular weight is 450 g/mol. The van der Waals surface area contributed by atoms with E-state index >= 15 is 0 Å². The first-order valence-electron chi connectivity index (χ1n) is 8.68. The molecule has 4 rings (SSSR count). The Bertz CT molecular complexity index is 1420. The van der Waals surface area contributed by atoms with Gasteiger partial charge < -0.3 is 0 Å². The van der Waals surface area contributed by atoms with Crippen molar-refractivity contribution in [1.82, 2.24) is 9.78 Å². The van der Waals surface area contributed by atoms with Gasteiger partial charge in [-0.05, 0) is 35.9 Å². The highest BCUT2D eigenvalue weighted by Gasteiger charge is 2.22. The van der Waals surface area contributed by atoms with E-state index in [-0.39, 0.29) is 16.1 Å². The largest absolute Gasteiger partial charge is 0.280 e. The van der Waals surface area contributed by atoms with Gasteiger partial charge >= 0.3 is 0 Å². The lowest BCUT2D eigenvalue weighted by molar-refractivity contribution is 0.555. The molecule has 0 amide bonds. The zero-order chi connectivity index (χ0) is 21.5. The highest BCUT2D eigenvalue weighted by atomic mass is 35.5. The molecule has 0 spiro atoms. The van der Waals surface area contributed by atoms with Gasteiger partial charge in [-0.15, -0.1) is 0 Å². The van der Waals surface area contributed by atoms with Crippen molar-refractivity contribution in [2.75, 3.05) is 4.72 Å². The number of nitrogens with zero attached hydrogens (tertiary/aromatic N) is 1. The first-order chi connectivity index (χ1) is 14.2. The molecule has 0 aliphatic carbocycles. The van der Waals surface area contributed by atoms with Crippen LogP contribution in [0.3, 0.4) is 0 Å². The molecule has 0 radical (unpaired) electrons. The van der Waals surface area contributed by atoms with E-state index < -0.39 is 32.1 Å². The van der Waals surface area contributed by atoms with Crippen molar-refractivity contribution < 1.29 is 17.2 Å². The summed E-state index contributed by atoms with van der Waals surface area (Å²) in [6, 6.07) is 14.2. The highest BCUT2D eigenvalue weighted by Crippen LogP contribution is 2.29. The fraction of sp³-hybridized carbons (Fsp3) is 0.0500. The number of hydrogen-bond donors (Lipinski definition) is 2. The Hall–Kier alpha value is -3.17. The summed E-state index contributed by atoms with van der Waals surface area (Å²) in [6.45, 7) is 0.371. The Balaban J connectivity index is 1.74. The molecular weight excluding hydrogens is 436 g/mol. The fourth-order valence-electron chi connectivity index (χ4n) is 3.06. The van der Waals surface area contributed by atoms with Crippen LogP contribution in [0.5, 0.6) is 0 Å². The summed E-state index contributed by atoms with van der Waals surface area (Å²) < 4.78 is 56.1. The monoisotopic (exact) mass is 449 g/mol. The molecule has 0 unspecified atom stereocenters. The number of aromatic nitrogens is 2. The van der Waals surface area contributed by atoms with Crippen LogP contribution in [-0.2, 0) is 16.6 Å². The zero-order valence-electron chi connectivity index (χ0n) is 15.2. The Kier molecular flexibility index (Phi) is 5.08. The van der Waals surface area contributed by atoms with E-state index in [0.29, 0.717) is 24.2 Å². The van der Waals surface area contributed by atoms with E-state index in [1.54, 1.807) is 4.68 Å². The summed E-state index contributed by atoms with van der Waals surface area (Å²) in [5, 5.41) is 2.86. The zero-order valence-corrected chi connectivity index (χ0v) is 16.8. The van der Waals surface area contributed by atoms with Crippen LogP contribution in [0.15, 0.2) is 70.4 Å². The highest BCUT2D eigenvalue weighted by molar-refractivity contribution is 7.92. The van der Waals surface area contributed by atoms with Crippen LogP contribution in [0.1, 0.15) is 5.56 Å². The summed E-state index contributed by atoms with van der Waals surface area (Å²) >= 11 is 6.23. The quantitative estimate of drug-likeness (QED) is 0.481. The maximum absolute atomic E-state index is 13.9. The van der Waals surface area contributed by atoms with Crippen molar-refractivity contribution in [2.45, 2.75) is 11.4 Å². The van der Waals surface area contributed by atoms with Crippen molar-refractivity contribution in [3.63, 3.8) is 0 Å². The third kappa shape index (κ3) is 3.81. The number of nitrogens with one attached hydrogen (secondary N) is 2. The van der Waals surface area contributed by atoms with Crippen LogP contribution < -0.4 is 10.3 Å². The van der Waals surface area contributed by atoms with E-state index in [1.807, 2.05) is 30.3 Å². The lowest BCUT2D eigenvalue weighted by Gasteiger charge is -2.11. The van der Waals surface area contributed by atoms with E-state index in [4.69, 9.17) is 11.6 Å². The predicted molar refractivity (Wildman–Crippen MR) is 110 cm³/mol. The van der Waals surface area contributed by atoms with Crippen molar-refractivity contribution >= 4 is 38.2 Å². The summed E-state index contributed by atoms with van der Waals surface area (Å²) in [7, 11) is -4.48. The van der Waals surface area contributed by atoms with Gasteiger partial charge in [0.2, 0.25) is 0 Å². The minimum atomic E-state index is -4.48. The van der Waals surface area contributed by atoms with Gasteiger partial charge in [0.1, 0.15) is 16.5 Å². The van der Waals surface area contributed by atoms with Crippen molar-refractivity contribution in [1.29, 1.82) is 0 Å². The maximum atomic E-state index is 13.9. The summed E-state index contributed by atoms with van der Waals surface area (Å²) in [5.74, 6) is -2.03. The summed E-state index contributed by atoms with van der Waals surface area (Å²) in [6.07, 6.45) is 0. The first kappa shape index (κ1) is 20.1. The van der Waals surface area contributed by atoms with Crippen LogP contribution in [0.2, 0.25) is 5.02 Å². The average Bonchev–Trinajstić information content (AvgIpc) is 2.99. The molecule has 6 nitrogen and oxygen atoms in total. The molecule has 154 valence electrons. The number of H-pyrrole nitrogens is 1. The number of fused-ring (bicyclic) bond motifs is 1. The molecule has 3 aromatic carbocycles. The molecule has 1 heterocycles. The number of rotatable bonds is 5. The molecule has 0 saturated heterocycles. The van der Waals surface area contributed by atoms with Gasteiger partial charge in [0.25, 0.3) is 15.6 Å². The second-order valence-corrected chi connectivity index (χ2v) is 8.60. The van der Waals surface area contributed by atoms with E-state index in [0.717, 1.165) is 11.6 Å². The van der Waals surface area contributed by atoms with Gasteiger partial charge in [-0.25, -0.2) is 17.2 Å². The van der Waals surface area contributed by atoms with Gasteiger partial charge in [0, 0.05) is 0 Å². The molecule has 0 atom stereocenters. The van der Waals surface area contributed by atoms with Crippen molar-refractivity contribution in [3.8, 4) is 0 Å². The number of anilines is 1. The SMILES string of the molecule is O=c1[nH]n(Cc2ccccc2)c2cc(Cl)c(NS(=O)(=O)c3cc(F)ccc3F)cc12. The van der Waals surface area contributed by atoms with Crippen LogP contribution in [-0.4, -0.2) is 18.2 Å². The van der Waals surface area contributed by atoms with Gasteiger partial charge in [0.15, 0.2) is 0 Å². The number of benzene rings is 3. The van der Waals surface area contributed by atoms with E-state index in [9.17, 15) is 22.0 Å². The maximum Gasteiger partial charge on any atom is 0.272 e. The molecule has 2 N–H and O–H groups in total. The topological polar surface area (TPSA) is 84.0 Å². The van der Waals surface area contributed by atoms with E-state index in [1.165, 1.54) is 12.1 Å². The lowest BCUT2D eigenvalue weighted by atomic mass is 10.2. The second kappa shape index (κ2) is 7.58. The Morgan fingerprint density at radius 2 is 1.77 bits per heavy atom. The molecule has 10 heteroatoms. The molecule has 0 fully saturated rings. The standard InChI is InChI=1S/C20H14ClF2N3O3S/c21-15-10-18-14(20(27)24-26(18)11-12-4-2-1-3-5-12)9-17(15)25-30(28,29)19-8-13(22)6-7-16(19)23/h1-10,25H,11H2,(H,24,27). The molecule has 4 aromatic rings. The van der Waals surface area contributed by atoms with Crippen LogP contribution in [0.25, 0.3) is 10.9 Å². The summed E-state index contributed by atoms with van der Waals surface area (Å²) in [4.78, 5) is 11.5. The first-order valence-corrected chi connectivity index (χ1v) is 10.5. The molecule has 0 bridgehead atoms. The molecular formula is C20H14ClF2N3O3S. The molecule has 30 heavy (non-hydrogen) atoms. The lowest BCUT2D eigenvalue weighted by Crippen LogP contribution is -2.15. The van der Waals surface area contributed by atoms with E-state index in [2.05, 4.69) is 9.82 Å².